The van der Waals surface area contributed by atoms with Crippen molar-refractivity contribution in [3.8, 4) is 11.5 Å². The van der Waals surface area contributed by atoms with Crippen molar-refractivity contribution in [1.29, 1.82) is 0 Å². The molecule has 1 atom stereocenters. The fourth-order valence-corrected chi connectivity index (χ4v) is 2.21. The highest BCUT2D eigenvalue weighted by atomic mass is 19.1. The third-order valence-corrected chi connectivity index (χ3v) is 3.44. The molecule has 0 aromatic heterocycles. The van der Waals surface area contributed by atoms with Crippen molar-refractivity contribution >= 4 is 0 Å². The Bertz CT molecular complexity index is 598. The summed E-state index contributed by atoms with van der Waals surface area (Å²) in [5, 5.41) is 3.46. The fraction of sp³-hybridized carbons (Fsp3) is 0.333. The number of hydrogen-bond acceptors (Lipinski definition) is 2. The van der Waals surface area contributed by atoms with Gasteiger partial charge in [0.1, 0.15) is 17.3 Å². The largest absolute Gasteiger partial charge is 0.457 e. The lowest BCUT2D eigenvalue weighted by Gasteiger charge is -2.18. The molecule has 0 saturated carbocycles. The normalized spacial score (nSPS) is 12.2. The van der Waals surface area contributed by atoms with Gasteiger partial charge in [0.25, 0.3) is 0 Å². The van der Waals surface area contributed by atoms with E-state index in [9.17, 15) is 4.39 Å². The molecule has 0 radical (unpaired) electrons. The van der Waals surface area contributed by atoms with Crippen molar-refractivity contribution in [3.63, 3.8) is 0 Å². The van der Waals surface area contributed by atoms with E-state index in [4.69, 9.17) is 4.74 Å². The first kappa shape index (κ1) is 15.5. The number of rotatable bonds is 6. The average Bonchev–Trinajstić information content (AvgIpc) is 2.49. The molecule has 0 heterocycles. The number of aryl methyl sites for hydroxylation is 1. The van der Waals surface area contributed by atoms with Crippen LogP contribution >= 0.6 is 0 Å². The van der Waals surface area contributed by atoms with Gasteiger partial charge in [0.05, 0.1) is 0 Å². The van der Waals surface area contributed by atoms with Gasteiger partial charge < -0.3 is 10.1 Å². The second-order valence-corrected chi connectivity index (χ2v) is 5.23. The molecular formula is C18H22FNO. The summed E-state index contributed by atoms with van der Waals surface area (Å²) < 4.78 is 19.3. The molecule has 2 nitrogen and oxygen atoms in total. The Kier molecular flexibility index (Phi) is 5.34. The van der Waals surface area contributed by atoms with Crippen molar-refractivity contribution in [1.82, 2.24) is 5.32 Å². The maximum atomic E-state index is 13.3. The Hall–Kier alpha value is -1.87. The predicted molar refractivity (Wildman–Crippen MR) is 84.4 cm³/mol. The van der Waals surface area contributed by atoms with Crippen LogP contribution in [-0.2, 0) is 0 Å². The molecule has 0 aliphatic carbocycles. The van der Waals surface area contributed by atoms with E-state index < -0.39 is 0 Å². The van der Waals surface area contributed by atoms with Crippen molar-refractivity contribution in [2.75, 3.05) is 6.54 Å². The summed E-state index contributed by atoms with van der Waals surface area (Å²) in [4.78, 5) is 0. The number of halogens is 1. The Morgan fingerprint density at radius 1 is 1.19 bits per heavy atom. The topological polar surface area (TPSA) is 21.3 Å². The average molecular weight is 287 g/mol. The van der Waals surface area contributed by atoms with E-state index in [0.29, 0.717) is 11.3 Å². The quantitative estimate of drug-likeness (QED) is 0.808. The van der Waals surface area contributed by atoms with Gasteiger partial charge in [-0.05, 0) is 56.6 Å². The van der Waals surface area contributed by atoms with E-state index >= 15 is 0 Å². The number of nitrogens with one attached hydrogen (secondary N) is 1. The number of ether oxygens (including phenoxy) is 1. The molecular weight excluding hydrogens is 265 g/mol. The zero-order valence-corrected chi connectivity index (χ0v) is 12.8. The van der Waals surface area contributed by atoms with Gasteiger partial charge in [-0.25, -0.2) is 4.39 Å². The van der Waals surface area contributed by atoms with Gasteiger partial charge in [0, 0.05) is 11.6 Å². The molecule has 2 aromatic rings. The maximum absolute atomic E-state index is 13.3. The Balaban J connectivity index is 2.21. The molecule has 2 rings (SSSR count). The van der Waals surface area contributed by atoms with Gasteiger partial charge >= 0.3 is 0 Å². The van der Waals surface area contributed by atoms with E-state index in [-0.39, 0.29) is 11.9 Å². The molecule has 0 bridgehead atoms. The molecule has 0 aliphatic rings. The lowest BCUT2D eigenvalue weighted by molar-refractivity contribution is 0.459. The Labute approximate surface area is 126 Å². The van der Waals surface area contributed by atoms with Crippen molar-refractivity contribution in [2.24, 2.45) is 0 Å². The molecule has 0 amide bonds. The lowest BCUT2D eigenvalue weighted by atomic mass is 10.1. The summed E-state index contributed by atoms with van der Waals surface area (Å²) in [6.45, 7) is 6.96. The van der Waals surface area contributed by atoms with Gasteiger partial charge in [-0.15, -0.1) is 0 Å². The van der Waals surface area contributed by atoms with E-state index in [0.717, 1.165) is 24.3 Å². The van der Waals surface area contributed by atoms with Gasteiger partial charge in [0.2, 0.25) is 0 Å². The highest BCUT2D eigenvalue weighted by Gasteiger charge is 2.11. The first-order chi connectivity index (χ1) is 10.1. The van der Waals surface area contributed by atoms with Crippen LogP contribution in [0, 0.1) is 12.7 Å². The van der Waals surface area contributed by atoms with E-state index in [1.54, 1.807) is 19.1 Å². The second kappa shape index (κ2) is 7.23. The molecule has 112 valence electrons. The van der Waals surface area contributed by atoms with Crippen molar-refractivity contribution < 1.29 is 9.13 Å². The number of benzene rings is 2. The van der Waals surface area contributed by atoms with Crippen molar-refractivity contribution in [2.45, 2.75) is 33.2 Å². The van der Waals surface area contributed by atoms with E-state index in [2.05, 4.69) is 25.2 Å². The number of para-hydroxylation sites is 1. The van der Waals surface area contributed by atoms with Gasteiger partial charge in [0.15, 0.2) is 0 Å². The van der Waals surface area contributed by atoms with E-state index in [1.165, 1.54) is 6.07 Å². The molecule has 3 heteroatoms. The summed E-state index contributed by atoms with van der Waals surface area (Å²) in [5.74, 6) is 1.25. The monoisotopic (exact) mass is 287 g/mol. The Morgan fingerprint density at radius 3 is 2.67 bits per heavy atom. The third-order valence-electron chi connectivity index (χ3n) is 3.44. The highest BCUT2D eigenvalue weighted by Crippen LogP contribution is 2.30. The lowest BCUT2D eigenvalue weighted by Crippen LogP contribution is -2.19. The highest BCUT2D eigenvalue weighted by molar-refractivity contribution is 5.40. The van der Waals surface area contributed by atoms with Crippen LogP contribution in [0.1, 0.15) is 37.4 Å². The summed E-state index contributed by atoms with van der Waals surface area (Å²) >= 11 is 0. The zero-order chi connectivity index (χ0) is 15.2. The molecule has 21 heavy (non-hydrogen) atoms. The van der Waals surface area contributed by atoms with Crippen LogP contribution in [-0.4, -0.2) is 6.54 Å². The first-order valence-corrected chi connectivity index (χ1v) is 7.38. The Morgan fingerprint density at radius 2 is 1.95 bits per heavy atom. The summed E-state index contributed by atoms with van der Waals surface area (Å²) in [6.07, 6.45) is 1.09. The van der Waals surface area contributed by atoms with Crippen LogP contribution in [0.5, 0.6) is 11.5 Å². The summed E-state index contributed by atoms with van der Waals surface area (Å²) in [7, 11) is 0. The predicted octanol–water partition coefficient (Wildman–Crippen LogP) is 4.99. The minimum atomic E-state index is -0.214. The van der Waals surface area contributed by atoms with E-state index in [1.807, 2.05) is 18.2 Å². The molecule has 1 N–H and O–H groups in total. The van der Waals surface area contributed by atoms with Gasteiger partial charge in [-0.1, -0.05) is 25.1 Å². The molecule has 2 aromatic carbocycles. The molecule has 0 saturated heterocycles. The molecule has 1 unspecified atom stereocenters. The van der Waals surface area contributed by atoms with Gasteiger partial charge in [-0.2, -0.15) is 0 Å². The van der Waals surface area contributed by atoms with Crippen LogP contribution in [0.2, 0.25) is 0 Å². The van der Waals surface area contributed by atoms with Crippen LogP contribution in [0.15, 0.2) is 42.5 Å². The summed E-state index contributed by atoms with van der Waals surface area (Å²) in [6, 6.07) is 13.0. The van der Waals surface area contributed by atoms with Crippen LogP contribution in [0.3, 0.4) is 0 Å². The third kappa shape index (κ3) is 4.05. The van der Waals surface area contributed by atoms with Crippen LogP contribution in [0.25, 0.3) is 0 Å². The molecule has 0 fully saturated rings. The van der Waals surface area contributed by atoms with Crippen LogP contribution in [0.4, 0.5) is 4.39 Å². The SMILES string of the molecule is CCCNC(C)c1ccccc1Oc1ccc(F)c(C)c1. The smallest absolute Gasteiger partial charge is 0.132 e. The van der Waals surface area contributed by atoms with Gasteiger partial charge in [-0.3, -0.25) is 0 Å². The van der Waals surface area contributed by atoms with Crippen LogP contribution < -0.4 is 10.1 Å². The fourth-order valence-electron chi connectivity index (χ4n) is 2.21. The first-order valence-electron chi connectivity index (χ1n) is 7.38. The molecule has 0 spiro atoms. The second-order valence-electron chi connectivity index (χ2n) is 5.23. The standard InChI is InChI=1S/C18H22FNO/c1-4-11-20-14(3)16-7-5-6-8-18(16)21-15-9-10-17(19)13(2)12-15/h5-10,12,14,20H,4,11H2,1-3H3. The number of hydrogen-bond donors (Lipinski definition) is 1. The summed E-state index contributed by atoms with van der Waals surface area (Å²) in [5.41, 5.74) is 1.69. The zero-order valence-electron chi connectivity index (χ0n) is 12.8. The maximum Gasteiger partial charge on any atom is 0.132 e. The molecule has 0 aliphatic heterocycles. The van der Waals surface area contributed by atoms with Crippen molar-refractivity contribution in [3.05, 3.63) is 59.4 Å². The minimum absolute atomic E-state index is 0.211. The minimum Gasteiger partial charge on any atom is -0.457 e.